The number of nitrogens with one attached hydrogen (secondary N) is 1. The first-order valence-electron chi connectivity index (χ1n) is 9.03. The Kier molecular flexibility index (Phi) is 3.20. The maximum Gasteiger partial charge on any atom is 0.226 e. The Morgan fingerprint density at radius 2 is 2.08 bits per heavy atom. The number of aryl methyl sites for hydroxylation is 1. The first-order valence-corrected chi connectivity index (χ1v) is 9.03. The zero-order chi connectivity index (χ0) is 17.0. The zero-order valence-corrected chi connectivity index (χ0v) is 14.3. The minimum absolute atomic E-state index is 0.00342. The molecular weight excluding hydrogens is 314 g/mol. The molecule has 1 fully saturated rings. The highest BCUT2D eigenvalue weighted by Crippen LogP contribution is 2.42. The Hall–Kier alpha value is -2.63. The molecule has 6 heteroatoms. The number of hydrogen-bond donors (Lipinski definition) is 1. The fourth-order valence-corrected chi connectivity index (χ4v) is 4.45. The molecule has 0 saturated heterocycles. The molecule has 6 nitrogen and oxygen atoms in total. The van der Waals surface area contributed by atoms with Gasteiger partial charge in [-0.25, -0.2) is 9.67 Å². The molecule has 128 valence electrons. The van der Waals surface area contributed by atoms with E-state index in [1.165, 1.54) is 12.8 Å². The molecule has 1 unspecified atom stereocenters. The molecule has 3 aromatic heterocycles. The molecule has 1 N–H and O–H groups in total. The number of hydrogen-bond acceptors (Lipinski definition) is 3. The first-order chi connectivity index (χ1) is 12.2. The summed E-state index contributed by atoms with van der Waals surface area (Å²) in [5, 5.41) is 7.92. The van der Waals surface area contributed by atoms with Gasteiger partial charge in [0.1, 0.15) is 11.5 Å². The van der Waals surface area contributed by atoms with Gasteiger partial charge in [0.05, 0.1) is 17.4 Å². The molecule has 1 aliphatic carbocycles. The maximum atomic E-state index is 12.5. The molecule has 3 aromatic rings. The van der Waals surface area contributed by atoms with E-state index in [1.807, 2.05) is 30.6 Å². The lowest BCUT2D eigenvalue weighted by Gasteiger charge is -2.25. The second-order valence-electron chi connectivity index (χ2n) is 7.15. The van der Waals surface area contributed by atoms with E-state index in [0.717, 1.165) is 41.3 Å². The van der Waals surface area contributed by atoms with Gasteiger partial charge in [0.15, 0.2) is 0 Å². The van der Waals surface area contributed by atoms with Crippen molar-refractivity contribution in [3.63, 3.8) is 0 Å². The quantitative estimate of drug-likeness (QED) is 0.780. The van der Waals surface area contributed by atoms with E-state index in [1.54, 1.807) is 0 Å². The molecule has 2 aliphatic rings. The number of imidazole rings is 1. The van der Waals surface area contributed by atoms with Crippen molar-refractivity contribution in [2.45, 2.75) is 51.0 Å². The zero-order valence-electron chi connectivity index (χ0n) is 14.3. The van der Waals surface area contributed by atoms with Crippen LogP contribution in [0.3, 0.4) is 0 Å². The molecular formula is C19H21N5O. The van der Waals surface area contributed by atoms with Crippen molar-refractivity contribution in [3.8, 4) is 0 Å². The molecule has 1 atom stereocenters. The van der Waals surface area contributed by atoms with Crippen molar-refractivity contribution in [2.75, 3.05) is 5.32 Å². The standard InChI is InChI=1S/C19H21N5O/c1-12-18-14(15-11-20-16-8-4-5-9-23(15)16)10-17(25)21-19(18)24(22-12)13-6-2-3-7-13/h4-5,8-9,11,13-14H,2-3,6-7,10H2,1H3,(H,21,25). The fraction of sp³-hybridized carbons (Fsp3) is 0.421. The van der Waals surface area contributed by atoms with E-state index in [4.69, 9.17) is 5.10 Å². The van der Waals surface area contributed by atoms with Gasteiger partial charge >= 0.3 is 0 Å². The Labute approximate surface area is 145 Å². The van der Waals surface area contributed by atoms with E-state index >= 15 is 0 Å². The second kappa shape index (κ2) is 5.44. The maximum absolute atomic E-state index is 12.5. The summed E-state index contributed by atoms with van der Waals surface area (Å²) in [6, 6.07) is 6.37. The Balaban J connectivity index is 1.67. The number of aromatic nitrogens is 4. The lowest BCUT2D eigenvalue weighted by molar-refractivity contribution is -0.116. The van der Waals surface area contributed by atoms with Gasteiger partial charge in [-0.3, -0.25) is 4.79 Å². The van der Waals surface area contributed by atoms with Gasteiger partial charge in [-0.05, 0) is 31.9 Å². The van der Waals surface area contributed by atoms with Crippen LogP contribution in [-0.2, 0) is 4.79 Å². The lowest BCUT2D eigenvalue weighted by atomic mass is 9.89. The van der Waals surface area contributed by atoms with Gasteiger partial charge in [0, 0.05) is 30.3 Å². The van der Waals surface area contributed by atoms with Gasteiger partial charge in [-0.2, -0.15) is 5.10 Å². The van der Waals surface area contributed by atoms with Crippen molar-refractivity contribution in [3.05, 3.63) is 47.5 Å². The topological polar surface area (TPSA) is 64.2 Å². The molecule has 0 bridgehead atoms. The van der Waals surface area contributed by atoms with Gasteiger partial charge in [-0.1, -0.05) is 18.9 Å². The van der Waals surface area contributed by atoms with Crippen molar-refractivity contribution in [1.82, 2.24) is 19.2 Å². The average Bonchev–Trinajstić information content (AvgIpc) is 3.33. The molecule has 4 heterocycles. The molecule has 5 rings (SSSR count). The third-order valence-electron chi connectivity index (χ3n) is 5.60. The van der Waals surface area contributed by atoms with Crippen LogP contribution >= 0.6 is 0 Å². The predicted molar refractivity (Wildman–Crippen MR) is 94.8 cm³/mol. The van der Waals surface area contributed by atoms with E-state index < -0.39 is 0 Å². The van der Waals surface area contributed by atoms with Gasteiger partial charge in [0.2, 0.25) is 5.91 Å². The highest BCUT2D eigenvalue weighted by molar-refractivity contribution is 5.94. The van der Waals surface area contributed by atoms with E-state index in [2.05, 4.69) is 26.3 Å². The number of carbonyl (C=O) groups excluding carboxylic acids is 1. The van der Waals surface area contributed by atoms with Crippen molar-refractivity contribution in [1.29, 1.82) is 0 Å². The summed E-state index contributed by atoms with van der Waals surface area (Å²) in [6.45, 7) is 2.05. The Bertz CT molecular complexity index is 964. The van der Waals surface area contributed by atoms with Crippen LogP contribution < -0.4 is 5.32 Å². The van der Waals surface area contributed by atoms with Gasteiger partial charge in [0.25, 0.3) is 0 Å². The molecule has 1 aliphatic heterocycles. The van der Waals surface area contributed by atoms with E-state index in [9.17, 15) is 4.79 Å². The van der Waals surface area contributed by atoms with Crippen LogP contribution in [0.15, 0.2) is 30.6 Å². The third kappa shape index (κ3) is 2.20. The summed E-state index contributed by atoms with van der Waals surface area (Å²) >= 11 is 0. The lowest BCUT2D eigenvalue weighted by Crippen LogP contribution is -2.26. The number of carbonyl (C=O) groups is 1. The van der Waals surface area contributed by atoms with Crippen LogP contribution in [0.1, 0.15) is 61.0 Å². The van der Waals surface area contributed by atoms with Crippen molar-refractivity contribution >= 4 is 17.4 Å². The average molecular weight is 335 g/mol. The van der Waals surface area contributed by atoms with Gasteiger partial charge < -0.3 is 9.72 Å². The number of amides is 1. The highest BCUT2D eigenvalue weighted by Gasteiger charge is 2.35. The number of fused-ring (bicyclic) bond motifs is 2. The number of anilines is 1. The van der Waals surface area contributed by atoms with Crippen LogP contribution in [-0.4, -0.2) is 25.1 Å². The van der Waals surface area contributed by atoms with Crippen LogP contribution in [0.4, 0.5) is 5.82 Å². The normalized spacial score (nSPS) is 20.8. The number of nitrogens with zero attached hydrogens (tertiary/aromatic N) is 4. The summed E-state index contributed by atoms with van der Waals surface area (Å²) in [5.74, 6) is 0.954. The van der Waals surface area contributed by atoms with Crippen LogP contribution in [0.25, 0.3) is 5.65 Å². The van der Waals surface area contributed by atoms with Crippen LogP contribution in [0.5, 0.6) is 0 Å². The third-order valence-corrected chi connectivity index (χ3v) is 5.60. The second-order valence-corrected chi connectivity index (χ2v) is 7.15. The predicted octanol–water partition coefficient (Wildman–Crippen LogP) is 3.43. The molecule has 25 heavy (non-hydrogen) atoms. The van der Waals surface area contributed by atoms with Crippen LogP contribution in [0.2, 0.25) is 0 Å². The minimum Gasteiger partial charge on any atom is -0.311 e. The summed E-state index contributed by atoms with van der Waals surface area (Å²) < 4.78 is 4.16. The summed E-state index contributed by atoms with van der Waals surface area (Å²) in [5.41, 5.74) is 4.13. The van der Waals surface area contributed by atoms with Crippen molar-refractivity contribution in [2.24, 2.45) is 0 Å². The molecule has 0 radical (unpaired) electrons. The van der Waals surface area contributed by atoms with Crippen LogP contribution in [0, 0.1) is 6.92 Å². The van der Waals surface area contributed by atoms with E-state index in [0.29, 0.717) is 12.5 Å². The number of pyridine rings is 1. The first kappa shape index (κ1) is 14.7. The minimum atomic E-state index is -0.00342. The highest BCUT2D eigenvalue weighted by atomic mass is 16.1. The van der Waals surface area contributed by atoms with Crippen molar-refractivity contribution < 1.29 is 4.79 Å². The summed E-state index contributed by atoms with van der Waals surface area (Å²) in [6.07, 6.45) is 9.11. The smallest absolute Gasteiger partial charge is 0.226 e. The fourth-order valence-electron chi connectivity index (χ4n) is 4.45. The Morgan fingerprint density at radius 1 is 1.24 bits per heavy atom. The number of rotatable bonds is 2. The molecule has 0 aromatic carbocycles. The van der Waals surface area contributed by atoms with E-state index in [-0.39, 0.29) is 11.8 Å². The summed E-state index contributed by atoms with van der Waals surface area (Å²) in [4.78, 5) is 17.0. The largest absolute Gasteiger partial charge is 0.311 e. The Morgan fingerprint density at radius 3 is 2.92 bits per heavy atom. The SMILES string of the molecule is Cc1nn(C2CCCC2)c2c1C(c1cnc3ccccn13)CC(=O)N2. The monoisotopic (exact) mass is 335 g/mol. The molecule has 1 saturated carbocycles. The molecule has 1 amide bonds. The van der Waals surface area contributed by atoms with Gasteiger partial charge in [-0.15, -0.1) is 0 Å². The molecule has 0 spiro atoms. The summed E-state index contributed by atoms with van der Waals surface area (Å²) in [7, 11) is 0.